The highest BCUT2D eigenvalue weighted by Gasteiger charge is 2.10. The number of carbonyl (C=O) groups excluding carboxylic acids is 3. The maximum atomic E-state index is 11.8. The zero-order chi connectivity index (χ0) is 53.8. The summed E-state index contributed by atoms with van der Waals surface area (Å²) in [4.78, 5) is 71.3. The zero-order valence-corrected chi connectivity index (χ0v) is 48.1. The first-order valence-electron chi connectivity index (χ1n) is 21.1. The second-order valence-electron chi connectivity index (χ2n) is 13.8. The molecule has 8 aromatic heterocycles. The van der Waals surface area contributed by atoms with E-state index in [-0.39, 0.29) is 17.5 Å². The Kier molecular flexibility index (Phi) is 33.7. The molecule has 27 heteroatoms. The van der Waals surface area contributed by atoms with E-state index in [1.165, 1.54) is 29.6 Å². The normalized spacial score (nSPS) is 9.53. The number of halogens is 3. The van der Waals surface area contributed by atoms with Crippen LogP contribution in [0.25, 0.3) is 20.9 Å². The topological polar surface area (TPSA) is 268 Å². The summed E-state index contributed by atoms with van der Waals surface area (Å²) in [6.45, 7) is 6.28. The standard InChI is InChI=1S/C14H11N3OS2.C10H12BN3OS.C7H6BrNO.C7H7NO.C5H4O2S.C3H9BN2OS.Br2/c18-14(11-2-1-7-19-11)17-9-13-16-8-12(20-13)10-3-5-15-6-4-10;1-11(15)14-7-10-13-6-9(16-10)8-2-4-12-5-3-8;8-5-7(10)6-1-3-9-4-2-6;1-6(9)7-2-4-8-5-3-7;6-5(7)4-2-1-3-8-4;1-4(7)6-2-3(5)8;1-2/h1-8H,9H2,(H,17,18);2-6,14-15H,7H2,1H3;1-4H,5H2;2-5H,1H3;1-3H,(H,6,7);6-7H,2H2,1H3,(H2,5,8);. The van der Waals surface area contributed by atoms with Crippen LogP contribution in [0.1, 0.15) is 57.0 Å². The number of carboxylic acids is 1. The minimum absolute atomic E-state index is 0.0549. The highest BCUT2D eigenvalue weighted by molar-refractivity contribution is 9.93. The lowest BCUT2D eigenvalue weighted by atomic mass is 9.89. The minimum Gasteiger partial charge on any atom is -0.477 e. The van der Waals surface area contributed by atoms with Crippen LogP contribution >= 0.6 is 102 Å². The minimum atomic E-state index is -0.847. The van der Waals surface area contributed by atoms with Gasteiger partial charge in [0.1, 0.15) is 14.9 Å². The number of Topliss-reactive ketones (excluding diaryl/α,β-unsaturated/α-hetero) is 2. The van der Waals surface area contributed by atoms with E-state index in [1.807, 2.05) is 54.2 Å². The number of aromatic nitrogens is 6. The van der Waals surface area contributed by atoms with Crippen LogP contribution < -0.4 is 21.5 Å². The van der Waals surface area contributed by atoms with E-state index in [4.69, 9.17) is 20.9 Å². The van der Waals surface area contributed by atoms with E-state index in [0.29, 0.717) is 46.0 Å². The van der Waals surface area contributed by atoms with Gasteiger partial charge >= 0.3 is 20.1 Å². The third-order valence-corrected chi connectivity index (χ3v) is 12.7. The number of ketones is 2. The van der Waals surface area contributed by atoms with Gasteiger partial charge in [-0.2, -0.15) is 0 Å². The number of nitrogens with one attached hydrogen (secondary N) is 3. The van der Waals surface area contributed by atoms with Crippen LogP contribution in [0.4, 0.5) is 0 Å². The number of nitrogens with zero attached hydrogens (tertiary/aromatic N) is 6. The molecule has 1 amide bonds. The van der Waals surface area contributed by atoms with Crippen molar-refractivity contribution in [2.24, 2.45) is 5.73 Å². The number of rotatable bonds is 15. The summed E-state index contributed by atoms with van der Waals surface area (Å²) in [5, 5.41) is 40.2. The average Bonchev–Trinajstić information content (AvgIpc) is 4.29. The number of nitrogens with two attached hydrogens (primary N) is 1. The molecule has 0 fully saturated rings. The van der Waals surface area contributed by atoms with E-state index in [1.54, 1.807) is 128 Å². The van der Waals surface area contributed by atoms with Gasteiger partial charge in [0.2, 0.25) is 0 Å². The molecular formula is C46H49B2Br3N10O7S5. The quantitative estimate of drug-likeness (QED) is 0.0218. The molecule has 8 rings (SSSR count). The van der Waals surface area contributed by atoms with Crippen molar-refractivity contribution in [3.63, 3.8) is 0 Å². The predicted molar refractivity (Wildman–Crippen MR) is 311 cm³/mol. The predicted octanol–water partition coefficient (Wildman–Crippen LogP) is 9.65. The van der Waals surface area contributed by atoms with Crippen LogP contribution in [0.5, 0.6) is 0 Å². The molecule has 73 heavy (non-hydrogen) atoms. The van der Waals surface area contributed by atoms with Crippen LogP contribution in [0.2, 0.25) is 13.6 Å². The first-order chi connectivity index (χ1) is 35.2. The van der Waals surface area contributed by atoms with Gasteiger partial charge in [-0.1, -0.05) is 40.3 Å². The van der Waals surface area contributed by atoms with Crippen molar-refractivity contribution in [3.05, 3.63) is 176 Å². The summed E-state index contributed by atoms with van der Waals surface area (Å²) in [5.41, 5.74) is 8.72. The Balaban J connectivity index is 0.000000310. The Morgan fingerprint density at radius 2 is 1.08 bits per heavy atom. The average molecular weight is 1280 g/mol. The number of pyridine rings is 4. The first kappa shape index (κ1) is 64.0. The fourth-order valence-electron chi connectivity index (χ4n) is 4.82. The van der Waals surface area contributed by atoms with Gasteiger partial charge in [0.25, 0.3) is 5.91 Å². The molecule has 0 saturated heterocycles. The van der Waals surface area contributed by atoms with Gasteiger partial charge in [0, 0.05) is 114 Å². The van der Waals surface area contributed by atoms with Gasteiger partial charge in [0.05, 0.1) is 31.5 Å². The lowest BCUT2D eigenvalue weighted by molar-refractivity contribution is 0.0701. The van der Waals surface area contributed by atoms with Crippen LogP contribution in [-0.4, -0.2) is 99.5 Å². The number of carboxylic acid groups (broad SMARTS) is 1. The molecule has 17 nitrogen and oxygen atoms in total. The second kappa shape index (κ2) is 38.4. The number of thiophene rings is 2. The van der Waals surface area contributed by atoms with Gasteiger partial charge < -0.3 is 36.7 Å². The molecule has 0 saturated carbocycles. The molecule has 0 bridgehead atoms. The van der Waals surface area contributed by atoms with E-state index in [0.717, 1.165) is 35.8 Å². The molecule has 0 unspecified atom stereocenters. The van der Waals surface area contributed by atoms with Crippen LogP contribution in [0.3, 0.4) is 0 Å². The largest absolute Gasteiger partial charge is 0.477 e. The van der Waals surface area contributed by atoms with Crippen molar-refractivity contribution in [1.82, 2.24) is 45.7 Å². The monoisotopic (exact) mass is 1270 g/mol. The summed E-state index contributed by atoms with van der Waals surface area (Å²) < 4.78 is 0. The SMILES string of the molecule is BrBr.CB(O)NCC(N)=S.CB(O)NCc1ncc(-c2ccncc2)s1.CC(=O)c1ccncc1.O=C(CBr)c1ccncc1.O=C(NCc1ncc(-c2ccncc2)s1)c1cccs1.O=C(O)c1cccs1. The lowest BCUT2D eigenvalue weighted by Crippen LogP contribution is -2.37. The van der Waals surface area contributed by atoms with Gasteiger partial charge in [-0.05, 0) is 103 Å². The first-order valence-corrected chi connectivity index (χ1v) is 29.7. The molecular weight excluding hydrogens is 1230 g/mol. The molecule has 0 aliphatic carbocycles. The van der Waals surface area contributed by atoms with Crippen molar-refractivity contribution >= 4 is 144 Å². The van der Waals surface area contributed by atoms with Gasteiger partial charge in [-0.15, -0.1) is 45.3 Å². The number of hydrogen-bond donors (Lipinski definition) is 7. The van der Waals surface area contributed by atoms with Gasteiger partial charge in [-0.25, -0.2) is 14.8 Å². The van der Waals surface area contributed by atoms with Gasteiger partial charge in [-0.3, -0.25) is 34.3 Å². The van der Waals surface area contributed by atoms with Crippen molar-refractivity contribution in [3.8, 4) is 20.9 Å². The number of alkyl halides is 1. The smallest absolute Gasteiger partial charge is 0.373 e. The number of thiazole rings is 2. The van der Waals surface area contributed by atoms with E-state index < -0.39 is 20.1 Å². The third kappa shape index (κ3) is 28.2. The fourth-order valence-corrected chi connectivity index (χ4v) is 8.17. The highest BCUT2D eigenvalue weighted by Crippen LogP contribution is 2.26. The molecule has 0 radical (unpaired) electrons. The van der Waals surface area contributed by atoms with E-state index >= 15 is 0 Å². The Bertz CT molecular complexity index is 2760. The zero-order valence-electron chi connectivity index (χ0n) is 39.2. The van der Waals surface area contributed by atoms with Crippen molar-refractivity contribution in [2.45, 2.75) is 33.7 Å². The molecule has 0 aliphatic rings. The molecule has 8 N–H and O–H groups in total. The summed E-state index contributed by atoms with van der Waals surface area (Å²) in [7, 11) is -1.04. The Hall–Kier alpha value is -5.16. The summed E-state index contributed by atoms with van der Waals surface area (Å²) in [6.07, 6.45) is 17.1. The maximum absolute atomic E-state index is 11.8. The summed E-state index contributed by atoms with van der Waals surface area (Å²) >= 11 is 19.0. The fraction of sp³-hybridized carbons (Fsp3) is 0.152. The molecule has 0 spiro atoms. The number of thiocarbonyl (C=S) groups is 1. The van der Waals surface area contributed by atoms with Crippen LogP contribution in [-0.2, 0) is 13.1 Å². The molecule has 8 heterocycles. The van der Waals surface area contributed by atoms with Crippen LogP contribution in [0, 0.1) is 0 Å². The number of hydrogen-bond acceptors (Lipinski definition) is 19. The number of aromatic carboxylic acids is 1. The summed E-state index contributed by atoms with van der Waals surface area (Å²) in [5.74, 6) is -0.736. The molecule has 0 aromatic carbocycles. The van der Waals surface area contributed by atoms with Crippen molar-refractivity contribution < 1.29 is 34.3 Å². The van der Waals surface area contributed by atoms with Crippen molar-refractivity contribution in [1.29, 1.82) is 0 Å². The Morgan fingerprint density at radius 1 is 0.658 bits per heavy atom. The lowest BCUT2D eigenvalue weighted by Gasteiger charge is -1.99. The number of amides is 1. The third-order valence-electron chi connectivity index (χ3n) is 8.24. The molecule has 0 atom stereocenters. The van der Waals surface area contributed by atoms with E-state index in [9.17, 15) is 19.2 Å². The molecule has 382 valence electrons. The Morgan fingerprint density at radius 3 is 1.42 bits per heavy atom. The number of carbonyl (C=O) groups is 4. The van der Waals surface area contributed by atoms with Crippen LogP contribution in [0.15, 0.2) is 146 Å². The summed E-state index contributed by atoms with van der Waals surface area (Å²) in [6, 6.07) is 21.6. The Labute approximate surface area is 468 Å². The molecule has 8 aromatic rings. The van der Waals surface area contributed by atoms with Gasteiger partial charge in [0.15, 0.2) is 11.6 Å². The molecule has 0 aliphatic heterocycles. The van der Waals surface area contributed by atoms with E-state index in [2.05, 4.69) is 102 Å². The second-order valence-corrected chi connectivity index (χ2v) is 19.0. The maximum Gasteiger partial charge on any atom is 0.373 e. The van der Waals surface area contributed by atoms with Crippen molar-refractivity contribution in [2.75, 3.05) is 11.9 Å². The highest BCUT2D eigenvalue weighted by atomic mass is 80.9.